The highest BCUT2D eigenvalue weighted by molar-refractivity contribution is 14.1. The molecule has 3 aromatic rings. The number of hydrogen-bond acceptors (Lipinski definition) is 1. The van der Waals surface area contributed by atoms with E-state index in [4.69, 9.17) is 0 Å². The van der Waals surface area contributed by atoms with Gasteiger partial charge in [0.25, 0.3) is 5.60 Å². The molecule has 3 rings (SSSR count). The molecule has 1 aromatic heterocycles. The fourth-order valence-electron chi connectivity index (χ4n) is 2.88. The van der Waals surface area contributed by atoms with Crippen LogP contribution in [-0.4, -0.2) is 22.0 Å². The number of hydrogen-bond donors (Lipinski definition) is 1. The first-order chi connectivity index (χ1) is 12.4. The van der Waals surface area contributed by atoms with E-state index in [1.807, 2.05) is 52.9 Å². The Morgan fingerprint density at radius 1 is 0.889 bits per heavy atom. The Morgan fingerprint density at radius 2 is 1.48 bits per heavy atom. The molecule has 27 heavy (non-hydrogen) atoms. The number of halogens is 7. The number of aliphatic hydroxyl groups is 1. The number of fused-ring (bicyclic) bond motifs is 1. The Hall–Kier alpha value is -1.75. The minimum Gasteiger partial charge on any atom is -0.369 e. The van der Waals surface area contributed by atoms with Gasteiger partial charge in [-0.25, -0.2) is 0 Å². The van der Waals surface area contributed by atoms with Gasteiger partial charge in [0.1, 0.15) is 0 Å². The molecule has 0 aliphatic rings. The highest BCUT2D eigenvalue weighted by atomic mass is 127. The average Bonchev–Trinajstić information content (AvgIpc) is 2.88. The van der Waals surface area contributed by atoms with Gasteiger partial charge in [-0.15, -0.1) is 0 Å². The molecule has 0 saturated heterocycles. The lowest BCUT2D eigenvalue weighted by atomic mass is 9.91. The van der Waals surface area contributed by atoms with Crippen LogP contribution in [-0.2, 0) is 12.1 Å². The van der Waals surface area contributed by atoms with Gasteiger partial charge in [-0.1, -0.05) is 36.4 Å². The Kier molecular flexibility index (Phi) is 4.96. The summed E-state index contributed by atoms with van der Waals surface area (Å²) < 4.78 is 80.8. The summed E-state index contributed by atoms with van der Waals surface area (Å²) in [7, 11) is 0. The van der Waals surface area contributed by atoms with E-state index in [2.05, 4.69) is 0 Å². The Labute approximate surface area is 163 Å². The second kappa shape index (κ2) is 6.69. The van der Waals surface area contributed by atoms with Gasteiger partial charge < -0.3 is 9.67 Å². The number of nitrogens with zero attached hydrogens (tertiary/aromatic N) is 1. The van der Waals surface area contributed by atoms with E-state index in [1.165, 1.54) is 0 Å². The van der Waals surface area contributed by atoms with Crippen molar-refractivity contribution in [1.82, 2.24) is 4.57 Å². The lowest BCUT2D eigenvalue weighted by molar-refractivity contribution is -0.376. The molecular formula is C18H12F6INO. The third-order valence-corrected chi connectivity index (χ3v) is 5.13. The van der Waals surface area contributed by atoms with Crippen molar-refractivity contribution in [2.75, 3.05) is 0 Å². The molecule has 1 N–H and O–H groups in total. The van der Waals surface area contributed by atoms with Crippen LogP contribution in [0.5, 0.6) is 0 Å². The molecule has 144 valence electrons. The van der Waals surface area contributed by atoms with E-state index in [1.54, 1.807) is 10.8 Å². The lowest BCUT2D eigenvalue weighted by Gasteiger charge is -2.32. The maximum atomic E-state index is 13.1. The highest BCUT2D eigenvalue weighted by Gasteiger charge is 2.71. The third-order valence-electron chi connectivity index (χ3n) is 4.27. The van der Waals surface area contributed by atoms with Crippen LogP contribution in [0.4, 0.5) is 26.3 Å². The van der Waals surface area contributed by atoms with E-state index < -0.39 is 23.5 Å². The van der Waals surface area contributed by atoms with E-state index in [0.29, 0.717) is 21.7 Å². The fourth-order valence-corrected chi connectivity index (χ4v) is 3.65. The van der Waals surface area contributed by atoms with Crippen molar-refractivity contribution < 1.29 is 31.4 Å². The first-order valence-corrected chi connectivity index (χ1v) is 8.71. The molecular weight excluding hydrogens is 487 g/mol. The first kappa shape index (κ1) is 20.0. The fraction of sp³-hybridized carbons (Fsp3) is 0.222. The summed E-state index contributed by atoms with van der Waals surface area (Å²) in [6, 6.07) is 11.8. The Morgan fingerprint density at radius 3 is 2.04 bits per heavy atom. The molecule has 2 aromatic carbocycles. The predicted molar refractivity (Wildman–Crippen MR) is 96.2 cm³/mol. The topological polar surface area (TPSA) is 25.2 Å². The van der Waals surface area contributed by atoms with E-state index >= 15 is 0 Å². The van der Waals surface area contributed by atoms with Crippen molar-refractivity contribution in [2.45, 2.75) is 24.5 Å². The molecule has 0 spiro atoms. The molecule has 0 bridgehead atoms. The third kappa shape index (κ3) is 3.42. The van der Waals surface area contributed by atoms with Crippen molar-refractivity contribution in [3.8, 4) is 0 Å². The second-order valence-electron chi connectivity index (χ2n) is 6.03. The largest absolute Gasteiger partial charge is 0.430 e. The molecule has 1 heterocycles. The zero-order valence-electron chi connectivity index (χ0n) is 13.4. The van der Waals surface area contributed by atoms with Gasteiger partial charge >= 0.3 is 12.4 Å². The van der Waals surface area contributed by atoms with E-state index in [-0.39, 0.29) is 5.39 Å². The standard InChI is InChI=1S/C18H12F6INO/c19-17(20,21)16(27,18(22,23)24)12-6-7-15-13(8-12)14(25)10-26(15)9-11-4-2-1-3-5-11/h1-8,10,27H,9H2. The molecule has 2 nitrogen and oxygen atoms in total. The van der Waals surface area contributed by atoms with Crippen molar-refractivity contribution in [2.24, 2.45) is 0 Å². The molecule has 0 aliphatic heterocycles. The molecule has 0 aliphatic carbocycles. The van der Waals surface area contributed by atoms with Crippen LogP contribution in [0.2, 0.25) is 0 Å². The van der Waals surface area contributed by atoms with Gasteiger partial charge in [-0.3, -0.25) is 0 Å². The highest BCUT2D eigenvalue weighted by Crippen LogP contribution is 2.50. The predicted octanol–water partition coefficient (Wildman–Crippen LogP) is 5.61. The number of alkyl halides is 6. The molecule has 0 radical (unpaired) electrons. The molecule has 0 fully saturated rings. The van der Waals surface area contributed by atoms with Crippen LogP contribution < -0.4 is 0 Å². The average molecular weight is 499 g/mol. The summed E-state index contributed by atoms with van der Waals surface area (Å²) in [6.07, 6.45) is -10.2. The first-order valence-electron chi connectivity index (χ1n) is 7.64. The molecule has 0 unspecified atom stereocenters. The summed E-state index contributed by atoms with van der Waals surface area (Å²) >= 11 is 1.84. The van der Waals surface area contributed by atoms with Crippen molar-refractivity contribution in [3.05, 3.63) is 69.4 Å². The zero-order valence-corrected chi connectivity index (χ0v) is 15.6. The van der Waals surface area contributed by atoms with Crippen LogP contribution in [0, 0.1) is 3.57 Å². The van der Waals surface area contributed by atoms with Crippen LogP contribution in [0.25, 0.3) is 10.9 Å². The van der Waals surface area contributed by atoms with Crippen molar-refractivity contribution in [3.63, 3.8) is 0 Å². The molecule has 9 heteroatoms. The zero-order chi connectivity index (χ0) is 20.0. The monoisotopic (exact) mass is 499 g/mol. The quantitative estimate of drug-likeness (QED) is 0.368. The van der Waals surface area contributed by atoms with Gasteiger partial charge in [-0.05, 0) is 40.3 Å². The minimum absolute atomic E-state index is 0.205. The van der Waals surface area contributed by atoms with Gasteiger partial charge in [-0.2, -0.15) is 26.3 Å². The normalized spacial score (nSPS) is 13.3. The van der Waals surface area contributed by atoms with Crippen molar-refractivity contribution in [1.29, 1.82) is 0 Å². The summed E-state index contributed by atoms with van der Waals surface area (Å²) in [4.78, 5) is 0. The SMILES string of the molecule is OC(c1ccc2c(c1)c(I)cn2Cc1ccccc1)(C(F)(F)F)C(F)(F)F. The summed E-state index contributed by atoms with van der Waals surface area (Å²) in [5.74, 6) is 0. The minimum atomic E-state index is -5.91. The maximum Gasteiger partial charge on any atom is 0.430 e. The van der Waals surface area contributed by atoms with Crippen LogP contribution >= 0.6 is 22.6 Å². The smallest absolute Gasteiger partial charge is 0.369 e. The van der Waals surface area contributed by atoms with Crippen LogP contribution in [0.1, 0.15) is 11.1 Å². The number of rotatable bonds is 3. The van der Waals surface area contributed by atoms with Crippen molar-refractivity contribution >= 4 is 33.5 Å². The summed E-state index contributed by atoms with van der Waals surface area (Å²) in [5, 5.41) is 9.79. The number of aromatic nitrogens is 1. The maximum absolute atomic E-state index is 13.1. The van der Waals surface area contributed by atoms with Gasteiger partial charge in [0.05, 0.1) is 0 Å². The van der Waals surface area contributed by atoms with Crippen LogP contribution in [0.3, 0.4) is 0 Å². The van der Waals surface area contributed by atoms with Gasteiger partial charge in [0.15, 0.2) is 0 Å². The second-order valence-corrected chi connectivity index (χ2v) is 7.19. The van der Waals surface area contributed by atoms with E-state index in [0.717, 1.165) is 17.7 Å². The van der Waals surface area contributed by atoms with E-state index in [9.17, 15) is 31.4 Å². The number of benzene rings is 2. The molecule has 0 atom stereocenters. The Balaban J connectivity index is 2.12. The van der Waals surface area contributed by atoms with Crippen LogP contribution in [0.15, 0.2) is 54.7 Å². The Bertz CT molecular complexity index is 948. The van der Waals surface area contributed by atoms with Gasteiger partial charge in [0.2, 0.25) is 0 Å². The molecule has 0 amide bonds. The van der Waals surface area contributed by atoms with Gasteiger partial charge in [0, 0.05) is 32.8 Å². The summed E-state index contributed by atoms with van der Waals surface area (Å²) in [6.45, 7) is 0.405. The molecule has 0 saturated carbocycles. The lowest BCUT2D eigenvalue weighted by Crippen LogP contribution is -2.53. The summed E-state index contributed by atoms with van der Waals surface area (Å²) in [5.41, 5.74) is -4.79.